The Labute approximate surface area is 94.9 Å². The molecule has 0 fully saturated rings. The van der Waals surface area contributed by atoms with E-state index in [9.17, 15) is 4.79 Å². The van der Waals surface area contributed by atoms with Gasteiger partial charge in [-0.1, -0.05) is 15.9 Å². The van der Waals surface area contributed by atoms with Gasteiger partial charge in [-0.25, -0.2) is 0 Å². The molecule has 0 aromatic heterocycles. The Balaban J connectivity index is 2.31. The van der Waals surface area contributed by atoms with Crippen molar-refractivity contribution >= 4 is 21.9 Å². The van der Waals surface area contributed by atoms with Crippen LogP contribution in [0.2, 0.25) is 0 Å². The number of esters is 1. The number of halogens is 1. The molecule has 0 aliphatic carbocycles. The monoisotopic (exact) mass is 272 g/mol. The molecule has 2 rings (SSSR count). The van der Waals surface area contributed by atoms with Crippen LogP contribution < -0.4 is 9.47 Å². The summed E-state index contributed by atoms with van der Waals surface area (Å²) < 4.78 is 11.2. The van der Waals surface area contributed by atoms with E-state index in [-0.39, 0.29) is 13.2 Å². The van der Waals surface area contributed by atoms with Gasteiger partial charge in [-0.3, -0.25) is 4.79 Å². The van der Waals surface area contributed by atoms with Gasteiger partial charge in [-0.2, -0.15) is 0 Å². The van der Waals surface area contributed by atoms with E-state index in [2.05, 4.69) is 15.9 Å². The van der Waals surface area contributed by atoms with Gasteiger partial charge in [-0.15, -0.1) is 0 Å². The first-order valence-corrected chi connectivity index (χ1v) is 5.25. The van der Waals surface area contributed by atoms with Crippen LogP contribution in [0.4, 0.5) is 0 Å². The number of carbonyl (C=O) groups excluding carboxylic acids is 1. The molecule has 0 bridgehead atoms. The van der Waals surface area contributed by atoms with E-state index in [0.29, 0.717) is 11.5 Å². The minimum Gasteiger partial charge on any atom is -0.489 e. The average Bonchev–Trinajstić information content (AvgIpc) is 2.35. The first kappa shape index (κ1) is 10.4. The average molecular weight is 273 g/mol. The number of benzene rings is 1. The fraction of sp³-hybridized carbons (Fsp3) is 0.300. The Morgan fingerprint density at radius 1 is 1.47 bits per heavy atom. The number of hydrogen-bond acceptors (Lipinski definition) is 4. The highest BCUT2D eigenvalue weighted by Crippen LogP contribution is 2.33. The summed E-state index contributed by atoms with van der Waals surface area (Å²) in [7, 11) is 0. The number of ether oxygens (including phenoxy) is 2. The first-order chi connectivity index (χ1) is 7.20. The van der Waals surface area contributed by atoms with Crippen molar-refractivity contribution < 1.29 is 19.4 Å². The van der Waals surface area contributed by atoms with E-state index < -0.39 is 11.9 Å². The smallest absolute Gasteiger partial charge is 0.320 e. The van der Waals surface area contributed by atoms with Gasteiger partial charge in [0, 0.05) is 4.47 Å². The number of aliphatic hydroxyl groups is 1. The third-order valence-corrected chi connectivity index (χ3v) is 2.60. The second-order valence-electron chi connectivity index (χ2n) is 3.20. The lowest BCUT2D eigenvalue weighted by molar-refractivity contribution is -0.140. The van der Waals surface area contributed by atoms with Gasteiger partial charge >= 0.3 is 5.97 Å². The van der Waals surface area contributed by atoms with Crippen LogP contribution in [-0.4, -0.2) is 24.3 Å². The number of carbonyl (C=O) groups is 1. The molecule has 0 spiro atoms. The Morgan fingerprint density at radius 2 is 2.27 bits per heavy atom. The summed E-state index contributed by atoms with van der Waals surface area (Å²) >= 11 is 3.27. The highest BCUT2D eigenvalue weighted by Gasteiger charge is 2.26. The zero-order valence-corrected chi connectivity index (χ0v) is 9.36. The van der Waals surface area contributed by atoms with Crippen LogP contribution in [0.5, 0.6) is 11.5 Å². The minimum atomic E-state index is -0.615. The molecule has 0 radical (unpaired) electrons. The van der Waals surface area contributed by atoms with Crippen LogP contribution in [-0.2, 0) is 4.79 Å². The summed E-state index contributed by atoms with van der Waals surface area (Å²) in [6.45, 7) is -0.127. The van der Waals surface area contributed by atoms with Crippen molar-refractivity contribution in [3.8, 4) is 11.5 Å². The molecule has 5 heteroatoms. The maximum atomic E-state index is 11.4. The number of fused-ring (bicyclic) bond motifs is 1. The molecule has 1 atom stereocenters. The Morgan fingerprint density at radius 3 is 3.00 bits per heavy atom. The normalized spacial score (nSPS) is 19.9. The van der Waals surface area contributed by atoms with E-state index in [1.165, 1.54) is 0 Å². The molecule has 0 amide bonds. The number of aliphatic hydroxyl groups excluding tert-OH is 1. The maximum Gasteiger partial charge on any atom is 0.320 e. The van der Waals surface area contributed by atoms with Crippen molar-refractivity contribution in [3.63, 3.8) is 0 Å². The quantitative estimate of drug-likeness (QED) is 0.620. The molecule has 80 valence electrons. The lowest BCUT2D eigenvalue weighted by Gasteiger charge is -2.06. The molecular weight excluding hydrogens is 264 g/mol. The van der Waals surface area contributed by atoms with E-state index in [4.69, 9.17) is 14.6 Å². The third-order valence-electron chi connectivity index (χ3n) is 2.11. The van der Waals surface area contributed by atoms with Crippen LogP contribution >= 0.6 is 15.9 Å². The fourth-order valence-corrected chi connectivity index (χ4v) is 1.60. The van der Waals surface area contributed by atoms with Crippen molar-refractivity contribution in [2.45, 2.75) is 0 Å². The van der Waals surface area contributed by atoms with Crippen LogP contribution in [0.15, 0.2) is 22.7 Å². The fourth-order valence-electron chi connectivity index (χ4n) is 1.26. The van der Waals surface area contributed by atoms with Gasteiger partial charge in [0.1, 0.15) is 12.5 Å². The molecule has 15 heavy (non-hydrogen) atoms. The molecule has 1 aromatic rings. The largest absolute Gasteiger partial charge is 0.489 e. The van der Waals surface area contributed by atoms with Crippen LogP contribution in [0.3, 0.4) is 0 Å². The Bertz CT molecular complexity index is 391. The molecule has 1 N–H and O–H groups in total. The van der Waals surface area contributed by atoms with Crippen LogP contribution in [0.25, 0.3) is 0 Å². The minimum absolute atomic E-state index is 0.143. The van der Waals surface area contributed by atoms with Gasteiger partial charge < -0.3 is 14.6 Å². The Kier molecular flexibility index (Phi) is 2.93. The highest BCUT2D eigenvalue weighted by atomic mass is 79.9. The van der Waals surface area contributed by atoms with E-state index in [0.717, 1.165) is 4.47 Å². The van der Waals surface area contributed by atoms with Crippen molar-refractivity contribution in [2.24, 2.45) is 5.92 Å². The van der Waals surface area contributed by atoms with Gasteiger partial charge in [-0.05, 0) is 18.2 Å². The molecule has 1 unspecified atom stereocenters. The standard InChI is InChI=1S/C10H9BrO4/c11-7-1-2-8-9(3-7)15-10(13)6(4-12)5-14-8/h1-3,6,12H,4-5H2. The van der Waals surface area contributed by atoms with Gasteiger partial charge in [0.2, 0.25) is 0 Å². The summed E-state index contributed by atoms with van der Waals surface area (Å²) in [6.07, 6.45) is 0. The summed E-state index contributed by atoms with van der Waals surface area (Å²) in [5.74, 6) is -0.182. The van der Waals surface area contributed by atoms with E-state index >= 15 is 0 Å². The SMILES string of the molecule is O=C1Oc2cc(Br)ccc2OCC1CO. The summed E-state index contributed by atoms with van der Waals surface area (Å²) in [5.41, 5.74) is 0. The van der Waals surface area contributed by atoms with Gasteiger partial charge in [0.15, 0.2) is 11.5 Å². The highest BCUT2D eigenvalue weighted by molar-refractivity contribution is 9.10. The predicted octanol–water partition coefficient (Wildman–Crippen LogP) is 1.36. The lowest BCUT2D eigenvalue weighted by Crippen LogP contribution is -2.26. The second kappa shape index (κ2) is 4.20. The van der Waals surface area contributed by atoms with Gasteiger partial charge in [0.05, 0.1) is 6.61 Å². The molecule has 1 heterocycles. The number of rotatable bonds is 1. The molecular formula is C10H9BrO4. The van der Waals surface area contributed by atoms with E-state index in [1.807, 2.05) is 0 Å². The maximum absolute atomic E-state index is 11.4. The van der Waals surface area contributed by atoms with Crippen LogP contribution in [0.1, 0.15) is 0 Å². The number of hydrogen-bond donors (Lipinski definition) is 1. The molecule has 1 aromatic carbocycles. The third kappa shape index (κ3) is 2.13. The topological polar surface area (TPSA) is 55.8 Å². The zero-order chi connectivity index (χ0) is 10.8. The lowest BCUT2D eigenvalue weighted by atomic mass is 10.2. The molecule has 4 nitrogen and oxygen atoms in total. The summed E-state index contributed by atoms with van der Waals surface area (Å²) in [6, 6.07) is 5.17. The van der Waals surface area contributed by atoms with Crippen molar-refractivity contribution in [2.75, 3.05) is 13.2 Å². The van der Waals surface area contributed by atoms with Crippen LogP contribution in [0, 0.1) is 5.92 Å². The first-order valence-electron chi connectivity index (χ1n) is 4.45. The molecule has 0 saturated carbocycles. The Hall–Kier alpha value is -1.07. The molecule has 1 aliphatic heterocycles. The van der Waals surface area contributed by atoms with Gasteiger partial charge in [0.25, 0.3) is 0 Å². The van der Waals surface area contributed by atoms with Crippen molar-refractivity contribution in [1.82, 2.24) is 0 Å². The predicted molar refractivity (Wildman–Crippen MR) is 55.8 cm³/mol. The summed E-state index contributed by atoms with van der Waals surface area (Å²) in [4.78, 5) is 11.4. The molecule has 0 saturated heterocycles. The second-order valence-corrected chi connectivity index (χ2v) is 4.12. The van der Waals surface area contributed by atoms with Crippen molar-refractivity contribution in [1.29, 1.82) is 0 Å². The summed E-state index contributed by atoms with van der Waals surface area (Å²) in [5, 5.41) is 8.93. The van der Waals surface area contributed by atoms with Crippen molar-refractivity contribution in [3.05, 3.63) is 22.7 Å². The van der Waals surface area contributed by atoms with E-state index in [1.54, 1.807) is 18.2 Å². The molecule has 1 aliphatic rings. The zero-order valence-electron chi connectivity index (χ0n) is 7.77.